The molecule has 0 bridgehead atoms. The lowest BCUT2D eigenvalue weighted by atomic mass is 10.1. The maximum atomic E-state index is 13.2. The van der Waals surface area contributed by atoms with Gasteiger partial charge in [0.1, 0.15) is 5.82 Å². The van der Waals surface area contributed by atoms with Crippen LogP contribution < -0.4 is 10.0 Å². The Morgan fingerprint density at radius 1 is 1.12 bits per heavy atom. The number of carbonyl (C=O) groups is 1. The van der Waals surface area contributed by atoms with Crippen LogP contribution >= 0.6 is 11.3 Å². The van der Waals surface area contributed by atoms with E-state index in [1.165, 1.54) is 18.2 Å². The molecule has 0 spiro atoms. The number of nitrogens with one attached hydrogen (secondary N) is 2. The summed E-state index contributed by atoms with van der Waals surface area (Å²) in [4.78, 5) is 12.1. The Hall–Kier alpha value is -2.85. The zero-order valence-electron chi connectivity index (χ0n) is 13.4. The minimum absolute atomic E-state index is 0.0372. The summed E-state index contributed by atoms with van der Waals surface area (Å²) in [6.07, 6.45) is 0. The van der Waals surface area contributed by atoms with E-state index in [0.29, 0.717) is 16.9 Å². The molecule has 1 aromatic heterocycles. The van der Waals surface area contributed by atoms with Gasteiger partial charge in [-0.05, 0) is 37.3 Å². The van der Waals surface area contributed by atoms with E-state index in [1.807, 2.05) is 6.92 Å². The van der Waals surface area contributed by atoms with Crippen LogP contribution in [0.2, 0.25) is 0 Å². The van der Waals surface area contributed by atoms with E-state index >= 15 is 0 Å². The molecule has 0 atom stereocenters. The van der Waals surface area contributed by atoms with E-state index in [9.17, 15) is 17.6 Å². The standard InChI is InChI=1S/C16H13FN4O3S2/c1-10-5-7-11(8-6-10)14(22)18-15-19-20-16(25-15)26(23,24)21-13-4-2-3-12(17)9-13/h2-9,21H,1H3,(H,18,19,22). The number of aryl methyl sites for hydroxylation is 1. The predicted octanol–water partition coefficient (Wildman–Crippen LogP) is 3.04. The molecule has 26 heavy (non-hydrogen) atoms. The summed E-state index contributed by atoms with van der Waals surface area (Å²) >= 11 is 0.691. The highest BCUT2D eigenvalue weighted by Crippen LogP contribution is 2.23. The van der Waals surface area contributed by atoms with Crippen molar-refractivity contribution in [2.75, 3.05) is 10.0 Å². The lowest BCUT2D eigenvalue weighted by molar-refractivity contribution is 0.102. The monoisotopic (exact) mass is 392 g/mol. The second-order valence-electron chi connectivity index (χ2n) is 5.31. The minimum atomic E-state index is -4.04. The molecule has 7 nitrogen and oxygen atoms in total. The quantitative estimate of drug-likeness (QED) is 0.650. The van der Waals surface area contributed by atoms with Gasteiger partial charge in [-0.2, -0.15) is 8.42 Å². The van der Waals surface area contributed by atoms with Crippen LogP contribution in [0.5, 0.6) is 0 Å². The van der Waals surface area contributed by atoms with Crippen LogP contribution in [0.15, 0.2) is 52.9 Å². The first-order valence-electron chi connectivity index (χ1n) is 7.33. The van der Waals surface area contributed by atoms with E-state index in [4.69, 9.17) is 0 Å². The van der Waals surface area contributed by atoms with Crippen LogP contribution in [0, 0.1) is 12.7 Å². The Labute approximate surface area is 153 Å². The number of benzene rings is 2. The first-order chi connectivity index (χ1) is 12.3. The molecule has 2 aromatic carbocycles. The number of nitrogens with zero attached hydrogens (tertiary/aromatic N) is 2. The van der Waals surface area contributed by atoms with Gasteiger partial charge in [-0.3, -0.25) is 14.8 Å². The number of aromatic nitrogens is 2. The molecule has 0 aliphatic carbocycles. The molecule has 134 valence electrons. The molecule has 0 saturated heterocycles. The fraction of sp³-hybridized carbons (Fsp3) is 0.0625. The highest BCUT2D eigenvalue weighted by Gasteiger charge is 2.21. The topological polar surface area (TPSA) is 101 Å². The minimum Gasteiger partial charge on any atom is -0.296 e. The van der Waals surface area contributed by atoms with Crippen molar-refractivity contribution in [3.8, 4) is 0 Å². The molecule has 0 radical (unpaired) electrons. The molecule has 3 aromatic rings. The van der Waals surface area contributed by atoms with Gasteiger partial charge in [-0.15, -0.1) is 10.2 Å². The summed E-state index contributed by atoms with van der Waals surface area (Å²) in [7, 11) is -4.04. The van der Waals surface area contributed by atoms with E-state index < -0.39 is 21.7 Å². The van der Waals surface area contributed by atoms with Gasteiger partial charge in [0.15, 0.2) is 0 Å². The smallest absolute Gasteiger partial charge is 0.291 e. The van der Waals surface area contributed by atoms with Gasteiger partial charge in [0, 0.05) is 5.56 Å². The number of hydrogen-bond donors (Lipinski definition) is 2. The summed E-state index contributed by atoms with van der Waals surface area (Å²) in [6, 6.07) is 11.9. The third-order valence-electron chi connectivity index (χ3n) is 3.25. The molecule has 0 fully saturated rings. The molecule has 0 aliphatic heterocycles. The van der Waals surface area contributed by atoms with Crippen LogP contribution in [0.4, 0.5) is 15.2 Å². The average molecular weight is 392 g/mol. The van der Waals surface area contributed by atoms with E-state index in [1.54, 1.807) is 24.3 Å². The number of carbonyl (C=O) groups excluding carboxylic acids is 1. The summed E-state index contributed by atoms with van der Waals surface area (Å²) in [5.74, 6) is -1.00. The highest BCUT2D eigenvalue weighted by atomic mass is 32.2. The predicted molar refractivity (Wildman–Crippen MR) is 96.2 cm³/mol. The largest absolute Gasteiger partial charge is 0.296 e. The van der Waals surface area contributed by atoms with Crippen LogP contribution in [-0.4, -0.2) is 24.5 Å². The van der Waals surface area contributed by atoms with E-state index in [-0.39, 0.29) is 15.2 Å². The van der Waals surface area contributed by atoms with Crippen LogP contribution in [0.1, 0.15) is 15.9 Å². The molecule has 0 unspecified atom stereocenters. The Morgan fingerprint density at radius 2 is 1.85 bits per heavy atom. The molecule has 1 amide bonds. The molecule has 1 heterocycles. The molecule has 3 rings (SSSR count). The summed E-state index contributed by atoms with van der Waals surface area (Å²) in [6.45, 7) is 1.90. The Morgan fingerprint density at radius 3 is 2.54 bits per heavy atom. The molecule has 10 heteroatoms. The van der Waals surface area contributed by atoms with Gasteiger partial charge in [-0.1, -0.05) is 35.1 Å². The first-order valence-corrected chi connectivity index (χ1v) is 9.63. The number of anilines is 2. The van der Waals surface area contributed by atoms with Crippen molar-refractivity contribution in [3.63, 3.8) is 0 Å². The van der Waals surface area contributed by atoms with Gasteiger partial charge in [-0.25, -0.2) is 4.39 Å². The number of sulfonamides is 1. The second-order valence-corrected chi connectivity index (χ2v) is 8.14. The van der Waals surface area contributed by atoms with Crippen molar-refractivity contribution in [1.29, 1.82) is 0 Å². The van der Waals surface area contributed by atoms with Crippen molar-refractivity contribution in [3.05, 3.63) is 65.5 Å². The molecular weight excluding hydrogens is 379 g/mol. The molecule has 2 N–H and O–H groups in total. The van der Waals surface area contributed by atoms with Crippen LogP contribution in [0.3, 0.4) is 0 Å². The Bertz CT molecular complexity index is 1050. The Kier molecular flexibility index (Phi) is 4.96. The van der Waals surface area contributed by atoms with Gasteiger partial charge >= 0.3 is 0 Å². The summed E-state index contributed by atoms with van der Waals surface area (Å²) in [5.41, 5.74) is 1.48. The third-order valence-corrected chi connectivity index (χ3v) is 5.83. The third kappa shape index (κ3) is 4.21. The highest BCUT2D eigenvalue weighted by molar-refractivity contribution is 7.94. The number of halogens is 1. The fourth-order valence-corrected chi connectivity index (χ4v) is 3.94. The lowest BCUT2D eigenvalue weighted by Crippen LogP contribution is -2.12. The van der Waals surface area contributed by atoms with Gasteiger partial charge in [0.05, 0.1) is 5.69 Å². The average Bonchev–Trinajstić information content (AvgIpc) is 3.04. The first kappa shape index (κ1) is 18.0. The number of rotatable bonds is 5. The number of hydrogen-bond acceptors (Lipinski definition) is 6. The lowest BCUT2D eigenvalue weighted by Gasteiger charge is -2.04. The van der Waals surface area contributed by atoms with Gasteiger partial charge in [0.25, 0.3) is 20.3 Å². The number of amides is 1. The van der Waals surface area contributed by atoms with Crippen molar-refractivity contribution in [1.82, 2.24) is 10.2 Å². The van der Waals surface area contributed by atoms with Crippen molar-refractivity contribution < 1.29 is 17.6 Å². The van der Waals surface area contributed by atoms with Crippen molar-refractivity contribution in [2.24, 2.45) is 0 Å². The Balaban J connectivity index is 1.74. The van der Waals surface area contributed by atoms with E-state index in [2.05, 4.69) is 20.2 Å². The second kappa shape index (κ2) is 7.18. The van der Waals surface area contributed by atoms with Crippen molar-refractivity contribution >= 4 is 38.1 Å². The van der Waals surface area contributed by atoms with E-state index in [0.717, 1.165) is 11.6 Å². The van der Waals surface area contributed by atoms with Gasteiger partial charge < -0.3 is 0 Å². The summed E-state index contributed by atoms with van der Waals surface area (Å²) < 4.78 is 39.6. The maximum Gasteiger partial charge on any atom is 0.291 e. The van der Waals surface area contributed by atoms with Crippen LogP contribution in [-0.2, 0) is 10.0 Å². The molecular formula is C16H13FN4O3S2. The SMILES string of the molecule is Cc1ccc(C(=O)Nc2nnc(S(=O)(=O)Nc3cccc(F)c3)s2)cc1. The van der Waals surface area contributed by atoms with Gasteiger partial charge in [0.2, 0.25) is 5.13 Å². The molecule has 0 aliphatic rings. The van der Waals surface area contributed by atoms with Crippen LogP contribution in [0.25, 0.3) is 0 Å². The maximum absolute atomic E-state index is 13.2. The normalized spacial score (nSPS) is 11.2. The molecule has 0 saturated carbocycles. The van der Waals surface area contributed by atoms with Crippen molar-refractivity contribution in [2.45, 2.75) is 11.3 Å². The zero-order chi connectivity index (χ0) is 18.7. The fourth-order valence-electron chi connectivity index (χ4n) is 1.99. The zero-order valence-corrected chi connectivity index (χ0v) is 15.1. The summed E-state index contributed by atoms with van der Waals surface area (Å²) in [5, 5.41) is 9.78.